The van der Waals surface area contributed by atoms with E-state index in [1.54, 1.807) is 6.20 Å². The average Bonchev–Trinajstić information content (AvgIpc) is 3.09. The Balaban J connectivity index is 1.79. The molecule has 0 radical (unpaired) electrons. The van der Waals surface area contributed by atoms with Crippen molar-refractivity contribution in [1.82, 2.24) is 15.2 Å². The van der Waals surface area contributed by atoms with E-state index in [4.69, 9.17) is 16.3 Å². The summed E-state index contributed by atoms with van der Waals surface area (Å²) in [5.74, 6) is 0.774. The number of nitrogens with one attached hydrogen (secondary N) is 1. The molecule has 2 aromatic heterocycles. The quantitative estimate of drug-likeness (QED) is 0.797. The lowest BCUT2D eigenvalue weighted by Gasteiger charge is -2.14. The first kappa shape index (κ1) is 14.4. The van der Waals surface area contributed by atoms with E-state index < -0.39 is 0 Å². The Morgan fingerprint density at radius 3 is 2.74 bits per heavy atom. The minimum absolute atomic E-state index is 0.280. The van der Waals surface area contributed by atoms with Crippen molar-refractivity contribution in [1.29, 1.82) is 0 Å². The Morgan fingerprint density at radius 1 is 1.09 bits per heavy atom. The van der Waals surface area contributed by atoms with Crippen LogP contribution in [0, 0.1) is 0 Å². The summed E-state index contributed by atoms with van der Waals surface area (Å²) in [7, 11) is 0. The van der Waals surface area contributed by atoms with Gasteiger partial charge >= 0.3 is 0 Å². The van der Waals surface area contributed by atoms with Crippen LogP contribution in [0.1, 0.15) is 6.42 Å². The Kier molecular flexibility index (Phi) is 3.81. The fraction of sp³-hybridized carbons (Fsp3) is 0.235. The second-order valence-corrected chi connectivity index (χ2v) is 5.97. The number of pyridine rings is 1. The average molecular weight is 327 g/mol. The van der Waals surface area contributed by atoms with Crippen molar-refractivity contribution >= 4 is 28.2 Å². The Bertz CT molecular complexity index is 832. The maximum atomic E-state index is 5.97. The van der Waals surface area contributed by atoms with E-state index in [-0.39, 0.29) is 6.04 Å². The van der Waals surface area contributed by atoms with E-state index in [9.17, 15) is 0 Å². The van der Waals surface area contributed by atoms with Crippen LogP contribution in [0.5, 0.6) is 0 Å². The van der Waals surface area contributed by atoms with Crippen LogP contribution in [-0.4, -0.2) is 34.4 Å². The van der Waals surface area contributed by atoms with E-state index >= 15 is 0 Å². The lowest BCUT2D eigenvalue weighted by Crippen LogP contribution is -2.20. The molecule has 1 aliphatic heterocycles. The molecule has 0 spiro atoms. The van der Waals surface area contributed by atoms with Gasteiger partial charge in [-0.2, -0.15) is 0 Å². The predicted molar refractivity (Wildman–Crippen MR) is 90.6 cm³/mol. The third-order valence-electron chi connectivity index (χ3n) is 3.97. The summed E-state index contributed by atoms with van der Waals surface area (Å²) in [6, 6.07) is 9.82. The topological polar surface area (TPSA) is 59.9 Å². The highest BCUT2D eigenvalue weighted by Crippen LogP contribution is 2.30. The van der Waals surface area contributed by atoms with E-state index in [2.05, 4.69) is 20.5 Å². The standard InChI is InChI=1S/C17H15ClN4O/c18-12-3-1-11(2-4-12)16-15-9-19-7-5-14(15)17(22-21-16)20-13-6-8-23-10-13/h1-5,7,9,13H,6,8,10H2,(H,20,22)/t13-/m0/s1. The van der Waals surface area contributed by atoms with Crippen molar-refractivity contribution in [3.63, 3.8) is 0 Å². The van der Waals surface area contributed by atoms with Crippen LogP contribution in [0.3, 0.4) is 0 Å². The zero-order valence-corrected chi connectivity index (χ0v) is 13.1. The van der Waals surface area contributed by atoms with Crippen LogP contribution in [0.15, 0.2) is 42.7 Å². The van der Waals surface area contributed by atoms with Gasteiger partial charge in [0.15, 0.2) is 5.82 Å². The fourth-order valence-corrected chi connectivity index (χ4v) is 2.89. The van der Waals surface area contributed by atoms with Crippen molar-refractivity contribution in [3.05, 3.63) is 47.7 Å². The molecule has 5 nitrogen and oxygen atoms in total. The van der Waals surface area contributed by atoms with Gasteiger partial charge in [-0.25, -0.2) is 0 Å². The van der Waals surface area contributed by atoms with Crippen LogP contribution < -0.4 is 5.32 Å². The molecule has 23 heavy (non-hydrogen) atoms. The molecule has 4 rings (SSSR count). The van der Waals surface area contributed by atoms with Crippen molar-refractivity contribution in [2.75, 3.05) is 18.5 Å². The highest BCUT2D eigenvalue weighted by molar-refractivity contribution is 6.30. The molecule has 0 amide bonds. The zero-order chi connectivity index (χ0) is 15.6. The summed E-state index contributed by atoms with van der Waals surface area (Å²) >= 11 is 5.97. The van der Waals surface area contributed by atoms with E-state index in [1.807, 2.05) is 36.5 Å². The Hall–Kier alpha value is -2.24. The number of ether oxygens (including phenoxy) is 1. The van der Waals surface area contributed by atoms with Gasteiger partial charge < -0.3 is 10.1 Å². The van der Waals surface area contributed by atoms with Gasteiger partial charge in [0.1, 0.15) is 5.69 Å². The van der Waals surface area contributed by atoms with Gasteiger partial charge in [0.2, 0.25) is 0 Å². The summed E-state index contributed by atoms with van der Waals surface area (Å²) in [6.07, 6.45) is 4.57. The van der Waals surface area contributed by atoms with Crippen molar-refractivity contribution in [3.8, 4) is 11.3 Å². The van der Waals surface area contributed by atoms with Crippen molar-refractivity contribution < 1.29 is 4.74 Å². The normalized spacial score (nSPS) is 17.5. The van der Waals surface area contributed by atoms with Crippen LogP contribution in [0.25, 0.3) is 22.0 Å². The molecular weight excluding hydrogens is 312 g/mol. The molecular formula is C17H15ClN4O. The molecule has 3 aromatic rings. The largest absolute Gasteiger partial charge is 0.379 e. The minimum Gasteiger partial charge on any atom is -0.379 e. The Labute approximate surface area is 138 Å². The first-order valence-electron chi connectivity index (χ1n) is 7.52. The zero-order valence-electron chi connectivity index (χ0n) is 12.4. The maximum absolute atomic E-state index is 5.97. The number of fused-ring (bicyclic) bond motifs is 1. The first-order chi connectivity index (χ1) is 11.3. The second-order valence-electron chi connectivity index (χ2n) is 5.53. The molecule has 1 atom stereocenters. The number of aromatic nitrogens is 3. The summed E-state index contributed by atoms with van der Waals surface area (Å²) in [6.45, 7) is 1.49. The Morgan fingerprint density at radius 2 is 1.96 bits per heavy atom. The number of nitrogens with zero attached hydrogens (tertiary/aromatic N) is 3. The molecule has 1 N–H and O–H groups in total. The van der Waals surface area contributed by atoms with E-state index in [0.717, 1.165) is 40.9 Å². The van der Waals surface area contributed by atoms with Crippen molar-refractivity contribution in [2.45, 2.75) is 12.5 Å². The van der Waals surface area contributed by atoms with E-state index in [1.165, 1.54) is 0 Å². The summed E-state index contributed by atoms with van der Waals surface area (Å²) in [5.41, 5.74) is 1.77. The van der Waals surface area contributed by atoms with Crippen molar-refractivity contribution in [2.24, 2.45) is 0 Å². The third kappa shape index (κ3) is 2.85. The van der Waals surface area contributed by atoms with Gasteiger partial charge in [0, 0.05) is 40.4 Å². The van der Waals surface area contributed by atoms with Crippen LogP contribution in [-0.2, 0) is 4.74 Å². The predicted octanol–water partition coefficient (Wildman–Crippen LogP) is 3.55. The molecule has 1 fully saturated rings. The van der Waals surface area contributed by atoms with Crippen LogP contribution in [0.4, 0.5) is 5.82 Å². The molecule has 6 heteroatoms. The first-order valence-corrected chi connectivity index (χ1v) is 7.90. The summed E-state index contributed by atoms with van der Waals surface area (Å²) in [5, 5.41) is 14.9. The number of rotatable bonds is 3. The maximum Gasteiger partial charge on any atom is 0.157 e. The summed E-state index contributed by atoms with van der Waals surface area (Å²) < 4.78 is 5.41. The van der Waals surface area contributed by atoms with Gasteiger partial charge in [0.25, 0.3) is 0 Å². The number of halogens is 1. The smallest absolute Gasteiger partial charge is 0.157 e. The number of hydrogen-bond donors (Lipinski definition) is 1. The molecule has 3 heterocycles. The summed E-state index contributed by atoms with van der Waals surface area (Å²) in [4.78, 5) is 4.24. The minimum atomic E-state index is 0.280. The molecule has 0 unspecified atom stereocenters. The van der Waals surface area contributed by atoms with Crippen LogP contribution in [0.2, 0.25) is 5.02 Å². The van der Waals surface area contributed by atoms with Gasteiger partial charge in [-0.15, -0.1) is 10.2 Å². The molecule has 1 aromatic carbocycles. The SMILES string of the molecule is Clc1ccc(-c2nnc(N[C@H]3CCOC3)c3ccncc23)cc1. The highest BCUT2D eigenvalue weighted by atomic mass is 35.5. The molecule has 116 valence electrons. The van der Waals surface area contributed by atoms with Gasteiger partial charge in [-0.3, -0.25) is 4.98 Å². The van der Waals surface area contributed by atoms with Gasteiger partial charge in [-0.1, -0.05) is 23.7 Å². The van der Waals surface area contributed by atoms with E-state index in [0.29, 0.717) is 11.6 Å². The number of benzene rings is 1. The van der Waals surface area contributed by atoms with Crippen LogP contribution >= 0.6 is 11.6 Å². The second kappa shape index (κ2) is 6.10. The molecule has 0 saturated carbocycles. The molecule has 0 aliphatic carbocycles. The van der Waals surface area contributed by atoms with Gasteiger partial charge in [0.05, 0.1) is 12.6 Å². The molecule has 0 bridgehead atoms. The third-order valence-corrected chi connectivity index (χ3v) is 4.22. The number of hydrogen-bond acceptors (Lipinski definition) is 5. The molecule has 1 aliphatic rings. The lowest BCUT2D eigenvalue weighted by molar-refractivity contribution is 0.195. The number of anilines is 1. The highest BCUT2D eigenvalue weighted by Gasteiger charge is 2.18. The fourth-order valence-electron chi connectivity index (χ4n) is 2.77. The molecule has 1 saturated heterocycles. The monoisotopic (exact) mass is 326 g/mol. The lowest BCUT2D eigenvalue weighted by atomic mass is 10.1. The van der Waals surface area contributed by atoms with Gasteiger partial charge in [-0.05, 0) is 24.6 Å².